The average molecular weight is 178 g/mol. The van der Waals surface area contributed by atoms with Crippen LogP contribution in [0.15, 0.2) is 12.5 Å². The molecule has 1 aliphatic rings. The zero-order valence-corrected chi connectivity index (χ0v) is 7.10. The molecule has 1 aromatic heterocycles. The smallest absolute Gasteiger partial charge is 0.166 e. The van der Waals surface area contributed by atoms with Gasteiger partial charge in [0.05, 0.1) is 11.3 Å². The Morgan fingerprint density at radius 2 is 2.38 bits per heavy atom. The lowest BCUT2D eigenvalue weighted by Gasteiger charge is -2.19. The number of fused-ring (bicyclic) bond motifs is 1. The highest BCUT2D eigenvalue weighted by atomic mass is 16.3. The fourth-order valence-electron chi connectivity index (χ4n) is 1.60. The Morgan fingerprint density at radius 1 is 1.54 bits per heavy atom. The molecule has 0 amide bonds. The van der Waals surface area contributed by atoms with Crippen molar-refractivity contribution in [2.24, 2.45) is 5.92 Å². The molecule has 0 aliphatic heterocycles. The van der Waals surface area contributed by atoms with E-state index in [9.17, 15) is 4.79 Å². The van der Waals surface area contributed by atoms with E-state index >= 15 is 0 Å². The Morgan fingerprint density at radius 3 is 3.15 bits per heavy atom. The lowest BCUT2D eigenvalue weighted by Crippen LogP contribution is -2.23. The van der Waals surface area contributed by atoms with Gasteiger partial charge in [0, 0.05) is 19.2 Å². The highest BCUT2D eigenvalue weighted by Crippen LogP contribution is 2.22. The minimum Gasteiger partial charge on any atom is -0.396 e. The van der Waals surface area contributed by atoms with Crippen LogP contribution < -0.4 is 0 Å². The summed E-state index contributed by atoms with van der Waals surface area (Å²) in [6.07, 6.45) is 4.08. The van der Waals surface area contributed by atoms with Crippen LogP contribution in [0.25, 0.3) is 0 Å². The van der Waals surface area contributed by atoms with E-state index in [0.29, 0.717) is 18.4 Å². The van der Waals surface area contributed by atoms with Crippen molar-refractivity contribution in [3.8, 4) is 0 Å². The summed E-state index contributed by atoms with van der Waals surface area (Å²) >= 11 is 0. The number of hydrogen-bond acceptors (Lipinski definition) is 4. The van der Waals surface area contributed by atoms with Crippen LogP contribution in [0.4, 0.5) is 0 Å². The summed E-state index contributed by atoms with van der Waals surface area (Å²) in [5, 5.41) is 8.94. The van der Waals surface area contributed by atoms with Crippen LogP contribution in [0.3, 0.4) is 0 Å². The van der Waals surface area contributed by atoms with Gasteiger partial charge in [0.15, 0.2) is 5.78 Å². The molecule has 1 aliphatic carbocycles. The summed E-state index contributed by atoms with van der Waals surface area (Å²) in [6, 6.07) is 0. The summed E-state index contributed by atoms with van der Waals surface area (Å²) in [7, 11) is 0. The molecule has 2 rings (SSSR count). The summed E-state index contributed by atoms with van der Waals surface area (Å²) in [6.45, 7) is 0.0508. The number of rotatable bonds is 1. The molecule has 1 atom stereocenters. The molecular weight excluding hydrogens is 168 g/mol. The van der Waals surface area contributed by atoms with Crippen LogP contribution in [0.1, 0.15) is 22.5 Å². The quantitative estimate of drug-likeness (QED) is 0.668. The van der Waals surface area contributed by atoms with Crippen molar-refractivity contribution >= 4 is 5.78 Å². The summed E-state index contributed by atoms with van der Waals surface area (Å²) in [4.78, 5) is 19.3. The molecule has 4 nitrogen and oxygen atoms in total. The number of carbonyl (C=O) groups is 1. The van der Waals surface area contributed by atoms with Gasteiger partial charge in [0.1, 0.15) is 6.33 Å². The van der Waals surface area contributed by atoms with Crippen LogP contribution in [-0.4, -0.2) is 27.5 Å². The zero-order valence-electron chi connectivity index (χ0n) is 7.10. The average Bonchev–Trinajstić information content (AvgIpc) is 2.18. The number of Topliss-reactive ketones (excluding diaryl/α,β-unsaturated/α-hetero) is 1. The third-order valence-electron chi connectivity index (χ3n) is 2.31. The third kappa shape index (κ3) is 1.45. The molecule has 0 saturated heterocycles. The second-order valence-electron chi connectivity index (χ2n) is 3.26. The molecule has 1 heterocycles. The van der Waals surface area contributed by atoms with Gasteiger partial charge in [-0.05, 0) is 12.3 Å². The highest BCUT2D eigenvalue weighted by molar-refractivity contribution is 5.97. The van der Waals surface area contributed by atoms with E-state index in [0.717, 1.165) is 5.69 Å². The summed E-state index contributed by atoms with van der Waals surface area (Å²) in [5.41, 5.74) is 1.39. The van der Waals surface area contributed by atoms with Gasteiger partial charge in [-0.1, -0.05) is 0 Å². The molecule has 4 heteroatoms. The molecule has 0 aromatic carbocycles. The largest absolute Gasteiger partial charge is 0.396 e. The fourth-order valence-corrected chi connectivity index (χ4v) is 1.60. The number of nitrogens with zero attached hydrogens (tertiary/aromatic N) is 2. The van der Waals surface area contributed by atoms with E-state index in [1.54, 1.807) is 6.20 Å². The Balaban J connectivity index is 2.37. The van der Waals surface area contributed by atoms with Gasteiger partial charge in [-0.25, -0.2) is 9.97 Å². The van der Waals surface area contributed by atoms with Crippen molar-refractivity contribution in [2.45, 2.75) is 12.8 Å². The van der Waals surface area contributed by atoms with Gasteiger partial charge in [-0.15, -0.1) is 0 Å². The first kappa shape index (κ1) is 8.31. The van der Waals surface area contributed by atoms with E-state index in [-0.39, 0.29) is 18.3 Å². The number of carbonyl (C=O) groups excluding carboxylic acids is 1. The van der Waals surface area contributed by atoms with Crippen molar-refractivity contribution < 1.29 is 9.90 Å². The van der Waals surface area contributed by atoms with Gasteiger partial charge in [0.25, 0.3) is 0 Å². The van der Waals surface area contributed by atoms with Crippen molar-refractivity contribution in [1.29, 1.82) is 0 Å². The normalized spacial score (nSPS) is 21.3. The first-order valence-corrected chi connectivity index (χ1v) is 4.24. The molecule has 0 bridgehead atoms. The van der Waals surface area contributed by atoms with Gasteiger partial charge >= 0.3 is 0 Å². The van der Waals surface area contributed by atoms with Crippen LogP contribution >= 0.6 is 0 Å². The Hall–Kier alpha value is -1.29. The maximum atomic E-state index is 11.5. The third-order valence-corrected chi connectivity index (χ3v) is 2.31. The summed E-state index contributed by atoms with van der Waals surface area (Å²) in [5.74, 6) is 0.0794. The maximum absolute atomic E-state index is 11.5. The molecule has 0 spiro atoms. The maximum Gasteiger partial charge on any atom is 0.166 e. The highest BCUT2D eigenvalue weighted by Gasteiger charge is 2.25. The van der Waals surface area contributed by atoms with E-state index in [4.69, 9.17) is 5.11 Å². The number of aliphatic hydroxyl groups excluding tert-OH is 1. The molecule has 0 saturated carbocycles. The lowest BCUT2D eigenvalue weighted by atomic mass is 9.87. The summed E-state index contributed by atoms with van der Waals surface area (Å²) < 4.78 is 0. The van der Waals surface area contributed by atoms with Crippen molar-refractivity contribution in [1.82, 2.24) is 9.97 Å². The SMILES string of the molecule is O=C1CC(CO)Cc2ncncc21. The van der Waals surface area contributed by atoms with Crippen molar-refractivity contribution in [3.05, 3.63) is 23.8 Å². The predicted molar refractivity (Wildman–Crippen MR) is 45.3 cm³/mol. The predicted octanol–water partition coefficient (Wildman–Crippen LogP) is 0.214. The molecule has 1 N–H and O–H groups in total. The standard InChI is InChI=1S/C9H10N2O2/c12-4-6-1-8-7(9(13)2-6)3-10-5-11-8/h3,5-6,12H,1-2,4H2. The monoisotopic (exact) mass is 178 g/mol. The molecular formula is C9H10N2O2. The van der Waals surface area contributed by atoms with Crippen LogP contribution in [0.5, 0.6) is 0 Å². The molecule has 68 valence electrons. The number of ketones is 1. The van der Waals surface area contributed by atoms with E-state index in [2.05, 4.69) is 9.97 Å². The minimum absolute atomic E-state index is 0.0369. The Labute approximate surface area is 75.6 Å². The van der Waals surface area contributed by atoms with Crippen molar-refractivity contribution in [2.75, 3.05) is 6.61 Å². The lowest BCUT2D eigenvalue weighted by molar-refractivity contribution is 0.0916. The molecule has 0 fully saturated rings. The van der Waals surface area contributed by atoms with E-state index in [1.807, 2.05) is 0 Å². The van der Waals surface area contributed by atoms with Crippen LogP contribution in [-0.2, 0) is 6.42 Å². The number of hydrogen-bond donors (Lipinski definition) is 1. The first-order chi connectivity index (χ1) is 6.31. The Bertz CT molecular complexity index is 338. The second kappa shape index (κ2) is 3.22. The first-order valence-electron chi connectivity index (χ1n) is 4.24. The fraction of sp³-hybridized carbons (Fsp3) is 0.444. The topological polar surface area (TPSA) is 63.1 Å². The molecule has 0 radical (unpaired) electrons. The second-order valence-corrected chi connectivity index (χ2v) is 3.26. The van der Waals surface area contributed by atoms with E-state index < -0.39 is 0 Å². The van der Waals surface area contributed by atoms with Crippen LogP contribution in [0.2, 0.25) is 0 Å². The number of aromatic nitrogens is 2. The Kier molecular flexibility index (Phi) is 2.06. The van der Waals surface area contributed by atoms with Gasteiger partial charge in [-0.3, -0.25) is 4.79 Å². The molecule has 1 aromatic rings. The van der Waals surface area contributed by atoms with Crippen LogP contribution in [0, 0.1) is 5.92 Å². The zero-order chi connectivity index (χ0) is 9.26. The van der Waals surface area contributed by atoms with E-state index in [1.165, 1.54) is 6.33 Å². The molecule has 13 heavy (non-hydrogen) atoms. The molecule has 1 unspecified atom stereocenters. The number of aliphatic hydroxyl groups is 1. The van der Waals surface area contributed by atoms with Crippen molar-refractivity contribution in [3.63, 3.8) is 0 Å². The van der Waals surface area contributed by atoms with Gasteiger partial charge < -0.3 is 5.11 Å². The van der Waals surface area contributed by atoms with Gasteiger partial charge in [-0.2, -0.15) is 0 Å². The van der Waals surface area contributed by atoms with Gasteiger partial charge in [0.2, 0.25) is 0 Å². The minimum atomic E-state index is 0.0369.